The number of hydrogen-bond donors (Lipinski definition) is 2. The molecular weight excluding hydrogens is 368 g/mol. The van der Waals surface area contributed by atoms with Crippen molar-refractivity contribution in [2.45, 2.75) is 6.04 Å². The van der Waals surface area contributed by atoms with Gasteiger partial charge >= 0.3 is 6.03 Å². The first-order chi connectivity index (χ1) is 12.6. The zero-order chi connectivity index (χ0) is 18.1. The Balaban J connectivity index is 0.00000210. The maximum absolute atomic E-state index is 13.1. The van der Waals surface area contributed by atoms with Crippen LogP contribution in [-0.4, -0.2) is 59.1 Å². The third-order valence-corrected chi connectivity index (χ3v) is 4.94. The molecule has 3 amide bonds. The van der Waals surface area contributed by atoms with Crippen LogP contribution in [0.25, 0.3) is 0 Å². The predicted octanol–water partition coefficient (Wildman–Crippen LogP) is 1.16. The summed E-state index contributed by atoms with van der Waals surface area (Å²) in [4.78, 5) is 32.8. The molecule has 0 saturated carbocycles. The molecule has 2 N–H and O–H groups in total. The van der Waals surface area contributed by atoms with Crippen LogP contribution < -0.4 is 15.5 Å². The Morgan fingerprint density at radius 2 is 1.96 bits per heavy atom. The highest BCUT2D eigenvalue weighted by atomic mass is 35.5. The number of urea groups is 1. The second-order valence-corrected chi connectivity index (χ2v) is 6.55. The van der Waals surface area contributed by atoms with Gasteiger partial charge in [0.15, 0.2) is 0 Å². The lowest BCUT2D eigenvalue weighted by molar-refractivity contribution is 0.0621. The number of anilines is 1. The first-order valence-electron chi connectivity index (χ1n) is 8.79. The van der Waals surface area contributed by atoms with Crippen molar-refractivity contribution in [2.75, 3.05) is 37.6 Å². The molecule has 27 heavy (non-hydrogen) atoms. The molecular formula is C18H23ClN6O2. The van der Waals surface area contributed by atoms with E-state index >= 15 is 0 Å². The number of rotatable bonds is 3. The molecule has 1 unspecified atom stereocenters. The van der Waals surface area contributed by atoms with Gasteiger partial charge in [0.1, 0.15) is 11.9 Å². The van der Waals surface area contributed by atoms with Gasteiger partial charge in [-0.3, -0.25) is 9.69 Å². The lowest BCUT2D eigenvalue weighted by atomic mass is 10.1. The number of halogens is 1. The van der Waals surface area contributed by atoms with E-state index in [9.17, 15) is 9.59 Å². The Labute approximate surface area is 163 Å². The summed E-state index contributed by atoms with van der Waals surface area (Å²) in [6.45, 7) is 3.37. The van der Waals surface area contributed by atoms with Gasteiger partial charge in [-0.1, -0.05) is 0 Å². The number of piperazine rings is 1. The number of aromatic nitrogens is 2. The average Bonchev–Trinajstić information content (AvgIpc) is 3.29. The summed E-state index contributed by atoms with van der Waals surface area (Å²) < 4.78 is 1.95. The fraction of sp³-hybridized carbons (Fsp3) is 0.389. The molecule has 2 aromatic rings. The van der Waals surface area contributed by atoms with Gasteiger partial charge in [-0.2, -0.15) is 0 Å². The van der Waals surface area contributed by atoms with E-state index in [0.717, 1.165) is 18.1 Å². The number of imidazole rings is 1. The number of benzene rings is 1. The molecule has 9 heteroatoms. The van der Waals surface area contributed by atoms with E-state index in [0.29, 0.717) is 31.7 Å². The Morgan fingerprint density at radius 1 is 1.19 bits per heavy atom. The summed E-state index contributed by atoms with van der Waals surface area (Å²) >= 11 is 0. The van der Waals surface area contributed by atoms with E-state index in [2.05, 4.69) is 15.6 Å². The standard InChI is InChI=1S/C18H22N6O2.ClH/c1-22-9-7-20-16(22)15-12-19-6-10-24(15)17(25)13-2-4-14(5-3-13)23-11-8-21-18(23)26;/h2-5,7,9,15,19H,6,8,10-12H2,1H3,(H,21,26);1H. The van der Waals surface area contributed by atoms with Crippen molar-refractivity contribution < 1.29 is 9.59 Å². The lowest BCUT2D eigenvalue weighted by Gasteiger charge is -2.35. The maximum Gasteiger partial charge on any atom is 0.321 e. The van der Waals surface area contributed by atoms with Crippen LogP contribution in [-0.2, 0) is 7.05 Å². The molecule has 2 aliphatic heterocycles. The molecule has 1 aromatic carbocycles. The van der Waals surface area contributed by atoms with Gasteiger partial charge < -0.3 is 20.1 Å². The van der Waals surface area contributed by atoms with Crippen molar-refractivity contribution in [1.29, 1.82) is 0 Å². The summed E-state index contributed by atoms with van der Waals surface area (Å²) in [7, 11) is 1.94. The minimum Gasteiger partial charge on any atom is -0.336 e. The van der Waals surface area contributed by atoms with E-state index in [1.165, 1.54) is 0 Å². The van der Waals surface area contributed by atoms with Gasteiger partial charge in [-0.05, 0) is 24.3 Å². The monoisotopic (exact) mass is 390 g/mol. The van der Waals surface area contributed by atoms with Gasteiger partial charge in [0.25, 0.3) is 5.91 Å². The highest BCUT2D eigenvalue weighted by Crippen LogP contribution is 2.24. The molecule has 2 fully saturated rings. The first-order valence-corrected chi connectivity index (χ1v) is 8.79. The van der Waals surface area contributed by atoms with Crippen LogP contribution in [0, 0.1) is 0 Å². The molecule has 0 radical (unpaired) electrons. The highest BCUT2D eigenvalue weighted by Gasteiger charge is 2.31. The molecule has 1 atom stereocenters. The number of aryl methyl sites for hydroxylation is 1. The number of amides is 3. The topological polar surface area (TPSA) is 82.5 Å². The zero-order valence-electron chi connectivity index (χ0n) is 15.1. The second kappa shape index (κ2) is 7.98. The molecule has 8 nitrogen and oxygen atoms in total. The van der Waals surface area contributed by atoms with Gasteiger partial charge in [0, 0.05) is 63.4 Å². The second-order valence-electron chi connectivity index (χ2n) is 6.55. The third-order valence-electron chi connectivity index (χ3n) is 4.94. The lowest BCUT2D eigenvalue weighted by Crippen LogP contribution is -2.49. The number of nitrogens with zero attached hydrogens (tertiary/aromatic N) is 4. The Hall–Kier alpha value is -2.58. The van der Waals surface area contributed by atoms with Crippen molar-refractivity contribution in [3.8, 4) is 0 Å². The predicted molar refractivity (Wildman–Crippen MR) is 104 cm³/mol. The minimum absolute atomic E-state index is 0. The largest absolute Gasteiger partial charge is 0.336 e. The fourth-order valence-corrected chi connectivity index (χ4v) is 3.54. The maximum atomic E-state index is 13.1. The highest BCUT2D eigenvalue weighted by molar-refractivity contribution is 5.97. The number of carbonyl (C=O) groups excluding carboxylic acids is 2. The average molecular weight is 391 g/mol. The van der Waals surface area contributed by atoms with Crippen LogP contribution in [0.4, 0.5) is 10.5 Å². The summed E-state index contributed by atoms with van der Waals surface area (Å²) in [5, 5.41) is 6.12. The van der Waals surface area contributed by atoms with Gasteiger partial charge in [0.05, 0.1) is 0 Å². The van der Waals surface area contributed by atoms with Crippen molar-refractivity contribution in [3.05, 3.63) is 48.0 Å². The van der Waals surface area contributed by atoms with Crippen molar-refractivity contribution in [1.82, 2.24) is 25.1 Å². The summed E-state index contributed by atoms with van der Waals surface area (Å²) in [6, 6.07) is 7.05. The SMILES string of the molecule is Cl.Cn1ccnc1C1CNCCN1C(=O)c1ccc(N2CCNC2=O)cc1. The first kappa shape index (κ1) is 19.2. The van der Waals surface area contributed by atoms with E-state index in [-0.39, 0.29) is 30.4 Å². The van der Waals surface area contributed by atoms with Crippen LogP contribution in [0.2, 0.25) is 0 Å². The number of hydrogen-bond acceptors (Lipinski definition) is 4. The van der Waals surface area contributed by atoms with Crippen LogP contribution >= 0.6 is 12.4 Å². The molecule has 2 saturated heterocycles. The summed E-state index contributed by atoms with van der Waals surface area (Å²) in [5.74, 6) is 0.854. The Bertz CT molecular complexity index is 822. The quantitative estimate of drug-likeness (QED) is 0.823. The molecule has 2 aliphatic rings. The molecule has 0 aliphatic carbocycles. The third kappa shape index (κ3) is 3.63. The van der Waals surface area contributed by atoms with Gasteiger partial charge in [-0.15, -0.1) is 12.4 Å². The smallest absolute Gasteiger partial charge is 0.321 e. The minimum atomic E-state index is -0.0970. The molecule has 144 valence electrons. The van der Waals surface area contributed by atoms with Crippen molar-refractivity contribution in [3.63, 3.8) is 0 Å². The Morgan fingerprint density at radius 3 is 2.59 bits per heavy atom. The van der Waals surface area contributed by atoms with Crippen LogP contribution in [0.1, 0.15) is 22.2 Å². The fourth-order valence-electron chi connectivity index (χ4n) is 3.54. The molecule has 1 aromatic heterocycles. The molecule has 0 bridgehead atoms. The molecule has 3 heterocycles. The van der Waals surface area contributed by atoms with Crippen molar-refractivity contribution in [2.24, 2.45) is 7.05 Å². The number of nitrogens with one attached hydrogen (secondary N) is 2. The van der Waals surface area contributed by atoms with Crippen molar-refractivity contribution >= 4 is 30.0 Å². The van der Waals surface area contributed by atoms with E-state index in [1.807, 2.05) is 34.8 Å². The zero-order valence-corrected chi connectivity index (χ0v) is 15.9. The van der Waals surface area contributed by atoms with Crippen LogP contribution in [0.3, 0.4) is 0 Å². The van der Waals surface area contributed by atoms with Gasteiger partial charge in [0.2, 0.25) is 0 Å². The number of carbonyl (C=O) groups is 2. The van der Waals surface area contributed by atoms with E-state index in [1.54, 1.807) is 23.2 Å². The van der Waals surface area contributed by atoms with E-state index in [4.69, 9.17) is 0 Å². The molecule has 0 spiro atoms. The van der Waals surface area contributed by atoms with Gasteiger partial charge in [-0.25, -0.2) is 9.78 Å². The van der Waals surface area contributed by atoms with Crippen LogP contribution in [0.15, 0.2) is 36.7 Å². The Kier molecular flexibility index (Phi) is 5.67. The van der Waals surface area contributed by atoms with E-state index < -0.39 is 0 Å². The normalized spacial score (nSPS) is 19.6. The molecule has 4 rings (SSSR count). The summed E-state index contributed by atoms with van der Waals surface area (Å²) in [6.07, 6.45) is 3.64. The summed E-state index contributed by atoms with van der Waals surface area (Å²) in [5.41, 5.74) is 1.42. The van der Waals surface area contributed by atoms with Crippen LogP contribution in [0.5, 0.6) is 0 Å².